The van der Waals surface area contributed by atoms with Crippen LogP contribution in [-0.4, -0.2) is 37.2 Å². The number of carbonyl (C=O) groups is 1. The fourth-order valence-corrected chi connectivity index (χ4v) is 1.63. The Bertz CT molecular complexity index is 480. The first kappa shape index (κ1) is 15.6. The van der Waals surface area contributed by atoms with Crippen molar-refractivity contribution in [2.75, 3.05) is 14.2 Å². The summed E-state index contributed by atoms with van der Waals surface area (Å²) in [4.78, 5) is 12.2. The standard InChI is InChI=1S/C13H19N3O4/c1-4-11(12(14)16-18)15-13(17)8-5-9(19-2)7-10(6-8)20-3/h5-7,11,18H,4H2,1-3H3,(H2,14,16)(H,15,17). The number of benzene rings is 1. The van der Waals surface area contributed by atoms with Crippen LogP contribution in [0.15, 0.2) is 23.4 Å². The second kappa shape index (κ2) is 7.22. The van der Waals surface area contributed by atoms with Gasteiger partial charge >= 0.3 is 0 Å². The van der Waals surface area contributed by atoms with Crippen molar-refractivity contribution in [3.63, 3.8) is 0 Å². The van der Waals surface area contributed by atoms with Crippen LogP contribution >= 0.6 is 0 Å². The number of nitrogens with two attached hydrogens (primary N) is 1. The summed E-state index contributed by atoms with van der Waals surface area (Å²) in [5, 5.41) is 14.2. The van der Waals surface area contributed by atoms with Crippen molar-refractivity contribution in [3.05, 3.63) is 23.8 Å². The molecule has 0 aromatic heterocycles. The molecule has 0 bridgehead atoms. The zero-order valence-electron chi connectivity index (χ0n) is 11.7. The monoisotopic (exact) mass is 281 g/mol. The number of hydrogen-bond donors (Lipinski definition) is 3. The summed E-state index contributed by atoms with van der Waals surface area (Å²) in [6, 6.07) is 4.29. The molecule has 1 aromatic rings. The van der Waals surface area contributed by atoms with Gasteiger partial charge in [0, 0.05) is 11.6 Å². The molecule has 0 spiro atoms. The van der Waals surface area contributed by atoms with Crippen LogP contribution in [0.5, 0.6) is 11.5 Å². The highest BCUT2D eigenvalue weighted by Crippen LogP contribution is 2.22. The van der Waals surface area contributed by atoms with E-state index in [4.69, 9.17) is 20.4 Å². The first-order valence-electron chi connectivity index (χ1n) is 6.07. The zero-order chi connectivity index (χ0) is 15.1. The molecule has 20 heavy (non-hydrogen) atoms. The normalized spacial score (nSPS) is 12.7. The summed E-state index contributed by atoms with van der Waals surface area (Å²) < 4.78 is 10.2. The second-order valence-corrected chi connectivity index (χ2v) is 4.06. The molecule has 1 aromatic carbocycles. The second-order valence-electron chi connectivity index (χ2n) is 4.06. The predicted molar refractivity (Wildman–Crippen MR) is 74.5 cm³/mol. The predicted octanol–water partition coefficient (Wildman–Crippen LogP) is 0.959. The van der Waals surface area contributed by atoms with E-state index in [9.17, 15) is 4.79 Å². The smallest absolute Gasteiger partial charge is 0.252 e. The van der Waals surface area contributed by atoms with Gasteiger partial charge in [-0.15, -0.1) is 0 Å². The lowest BCUT2D eigenvalue weighted by Gasteiger charge is -2.16. The largest absolute Gasteiger partial charge is 0.497 e. The third kappa shape index (κ3) is 3.78. The van der Waals surface area contributed by atoms with Gasteiger partial charge in [0.1, 0.15) is 11.5 Å². The fourth-order valence-electron chi connectivity index (χ4n) is 1.63. The minimum Gasteiger partial charge on any atom is -0.497 e. The van der Waals surface area contributed by atoms with E-state index in [1.54, 1.807) is 18.2 Å². The molecule has 0 aliphatic carbocycles. The summed E-state index contributed by atoms with van der Waals surface area (Å²) in [6.45, 7) is 1.81. The molecule has 4 N–H and O–H groups in total. The maximum Gasteiger partial charge on any atom is 0.252 e. The molecule has 0 aliphatic rings. The van der Waals surface area contributed by atoms with E-state index >= 15 is 0 Å². The van der Waals surface area contributed by atoms with Crippen LogP contribution in [0.25, 0.3) is 0 Å². The Morgan fingerprint density at radius 3 is 2.30 bits per heavy atom. The molecule has 1 atom stereocenters. The molecule has 7 heteroatoms. The number of ether oxygens (including phenoxy) is 2. The van der Waals surface area contributed by atoms with Gasteiger partial charge in [0.2, 0.25) is 0 Å². The van der Waals surface area contributed by atoms with Crippen molar-refractivity contribution >= 4 is 11.7 Å². The quantitative estimate of drug-likeness (QED) is 0.311. The van der Waals surface area contributed by atoms with Crippen LogP contribution < -0.4 is 20.5 Å². The first-order valence-corrected chi connectivity index (χ1v) is 6.07. The van der Waals surface area contributed by atoms with E-state index in [0.29, 0.717) is 23.5 Å². The van der Waals surface area contributed by atoms with Crippen molar-refractivity contribution in [2.45, 2.75) is 19.4 Å². The number of rotatable bonds is 6. The molecular formula is C13H19N3O4. The van der Waals surface area contributed by atoms with Crippen LogP contribution in [0, 0.1) is 0 Å². The fraction of sp³-hybridized carbons (Fsp3) is 0.385. The third-order valence-corrected chi connectivity index (χ3v) is 2.80. The van der Waals surface area contributed by atoms with Gasteiger partial charge in [-0.05, 0) is 18.6 Å². The molecule has 0 aliphatic heterocycles. The zero-order valence-corrected chi connectivity index (χ0v) is 11.7. The number of hydrogen-bond acceptors (Lipinski definition) is 5. The highest BCUT2D eigenvalue weighted by atomic mass is 16.5. The minimum atomic E-state index is -0.537. The lowest BCUT2D eigenvalue weighted by atomic mass is 10.1. The summed E-state index contributed by atoms with van der Waals surface area (Å²) >= 11 is 0. The molecule has 0 fully saturated rings. The molecule has 1 amide bonds. The van der Waals surface area contributed by atoms with E-state index in [2.05, 4.69) is 10.5 Å². The highest BCUT2D eigenvalue weighted by molar-refractivity contribution is 5.98. The Morgan fingerprint density at radius 2 is 1.90 bits per heavy atom. The molecular weight excluding hydrogens is 262 g/mol. The number of nitrogens with one attached hydrogen (secondary N) is 1. The van der Waals surface area contributed by atoms with Crippen molar-refractivity contribution < 1.29 is 19.5 Å². The van der Waals surface area contributed by atoms with E-state index in [-0.39, 0.29) is 11.7 Å². The number of amidine groups is 1. The molecule has 0 saturated carbocycles. The summed E-state index contributed by atoms with van der Waals surface area (Å²) in [5.74, 6) is 0.606. The number of oxime groups is 1. The van der Waals surface area contributed by atoms with Gasteiger partial charge in [-0.25, -0.2) is 0 Å². The van der Waals surface area contributed by atoms with Gasteiger partial charge in [0.25, 0.3) is 5.91 Å². The van der Waals surface area contributed by atoms with Crippen molar-refractivity contribution in [1.29, 1.82) is 0 Å². The summed E-state index contributed by atoms with van der Waals surface area (Å²) in [7, 11) is 3.00. The summed E-state index contributed by atoms with van der Waals surface area (Å²) in [5.41, 5.74) is 5.87. The van der Waals surface area contributed by atoms with Gasteiger partial charge in [-0.2, -0.15) is 0 Å². The van der Waals surface area contributed by atoms with Crippen LogP contribution in [0.4, 0.5) is 0 Å². The first-order chi connectivity index (χ1) is 9.55. The summed E-state index contributed by atoms with van der Waals surface area (Å²) in [6.07, 6.45) is 0.503. The Balaban J connectivity index is 2.96. The lowest BCUT2D eigenvalue weighted by Crippen LogP contribution is -2.44. The molecule has 7 nitrogen and oxygen atoms in total. The highest BCUT2D eigenvalue weighted by Gasteiger charge is 2.17. The molecule has 1 unspecified atom stereocenters. The SMILES string of the molecule is CCC(NC(=O)c1cc(OC)cc(OC)c1)/C(N)=N/O. The van der Waals surface area contributed by atoms with Crippen molar-refractivity contribution in [2.24, 2.45) is 10.9 Å². The van der Waals surface area contributed by atoms with E-state index in [0.717, 1.165) is 0 Å². The minimum absolute atomic E-state index is 0.0456. The lowest BCUT2D eigenvalue weighted by molar-refractivity contribution is 0.0945. The number of amides is 1. The van der Waals surface area contributed by atoms with Gasteiger partial charge in [-0.3, -0.25) is 4.79 Å². The van der Waals surface area contributed by atoms with E-state index in [1.165, 1.54) is 14.2 Å². The molecule has 110 valence electrons. The molecule has 0 radical (unpaired) electrons. The average molecular weight is 281 g/mol. The third-order valence-electron chi connectivity index (χ3n) is 2.80. The topological polar surface area (TPSA) is 106 Å². The van der Waals surface area contributed by atoms with Crippen LogP contribution in [-0.2, 0) is 0 Å². The number of carbonyl (C=O) groups excluding carboxylic acids is 1. The number of nitrogens with zero attached hydrogens (tertiary/aromatic N) is 1. The number of methoxy groups -OCH3 is 2. The van der Waals surface area contributed by atoms with Crippen molar-refractivity contribution in [3.8, 4) is 11.5 Å². The van der Waals surface area contributed by atoms with Crippen LogP contribution in [0.2, 0.25) is 0 Å². The average Bonchev–Trinajstić information content (AvgIpc) is 2.50. The molecule has 0 saturated heterocycles. The molecule has 1 rings (SSSR count). The van der Waals surface area contributed by atoms with E-state index < -0.39 is 6.04 Å². The Morgan fingerprint density at radius 1 is 1.35 bits per heavy atom. The van der Waals surface area contributed by atoms with Crippen LogP contribution in [0.1, 0.15) is 23.7 Å². The molecule has 0 heterocycles. The van der Waals surface area contributed by atoms with Crippen molar-refractivity contribution in [1.82, 2.24) is 5.32 Å². The van der Waals surface area contributed by atoms with E-state index in [1.807, 2.05) is 6.92 Å². The van der Waals surface area contributed by atoms with Gasteiger partial charge < -0.3 is 25.7 Å². The van der Waals surface area contributed by atoms with Gasteiger partial charge in [0.05, 0.1) is 20.3 Å². The maximum atomic E-state index is 12.2. The Hall–Kier alpha value is -2.44. The van der Waals surface area contributed by atoms with Crippen LogP contribution in [0.3, 0.4) is 0 Å². The van der Waals surface area contributed by atoms with Gasteiger partial charge in [0.15, 0.2) is 5.84 Å². The van der Waals surface area contributed by atoms with Gasteiger partial charge in [-0.1, -0.05) is 12.1 Å². The Kier molecular flexibility index (Phi) is 5.64. The maximum absolute atomic E-state index is 12.2. The Labute approximate surface area is 117 Å².